The summed E-state index contributed by atoms with van der Waals surface area (Å²) in [6.45, 7) is -0.432. The number of para-hydroxylation sites is 1. The molecule has 0 aromatic heterocycles. The lowest BCUT2D eigenvalue weighted by Gasteiger charge is -2.23. The van der Waals surface area contributed by atoms with Crippen LogP contribution in [0.2, 0.25) is 0 Å². The van der Waals surface area contributed by atoms with Gasteiger partial charge >= 0.3 is 0 Å². The van der Waals surface area contributed by atoms with Crippen LogP contribution in [0.5, 0.6) is 0 Å². The van der Waals surface area contributed by atoms with Crippen LogP contribution in [-0.2, 0) is 14.8 Å². The standard InChI is InChI=1S/C17H15F2N3O3S/c1-26(24,25)22(17-14(18)3-2-4-15(17)19)10-9-16(23)21-13-7-5-12(11-20)6-8-13/h2-8H,9-10H2,1H3,(H,21,23). The number of hydrogen-bond acceptors (Lipinski definition) is 4. The smallest absolute Gasteiger partial charge is 0.232 e. The summed E-state index contributed by atoms with van der Waals surface area (Å²) < 4.78 is 52.1. The fourth-order valence-electron chi connectivity index (χ4n) is 2.23. The van der Waals surface area contributed by atoms with Gasteiger partial charge in [-0.3, -0.25) is 9.10 Å². The molecule has 2 aromatic rings. The summed E-state index contributed by atoms with van der Waals surface area (Å²) in [6, 6.07) is 11.0. The quantitative estimate of drug-likeness (QED) is 0.835. The van der Waals surface area contributed by atoms with Crippen molar-refractivity contribution < 1.29 is 22.0 Å². The minimum atomic E-state index is -4.00. The monoisotopic (exact) mass is 379 g/mol. The van der Waals surface area contributed by atoms with Crippen molar-refractivity contribution in [3.8, 4) is 6.07 Å². The second kappa shape index (κ2) is 7.93. The summed E-state index contributed by atoms with van der Waals surface area (Å²) in [7, 11) is -4.00. The molecule has 0 atom stereocenters. The molecule has 0 fully saturated rings. The Labute approximate surface area is 149 Å². The molecule has 6 nitrogen and oxygen atoms in total. The Kier molecular flexibility index (Phi) is 5.90. The summed E-state index contributed by atoms with van der Waals surface area (Å²) in [5.41, 5.74) is 0.111. The van der Waals surface area contributed by atoms with Crippen molar-refractivity contribution in [2.45, 2.75) is 6.42 Å². The largest absolute Gasteiger partial charge is 0.326 e. The SMILES string of the molecule is CS(=O)(=O)N(CCC(=O)Nc1ccc(C#N)cc1)c1c(F)cccc1F. The van der Waals surface area contributed by atoms with Gasteiger partial charge in [-0.2, -0.15) is 5.26 Å². The van der Waals surface area contributed by atoms with Crippen molar-refractivity contribution in [1.82, 2.24) is 0 Å². The number of hydrogen-bond donors (Lipinski definition) is 1. The number of nitrogens with zero attached hydrogens (tertiary/aromatic N) is 2. The predicted molar refractivity (Wildman–Crippen MR) is 93.0 cm³/mol. The molecule has 0 aliphatic heterocycles. The normalized spacial score (nSPS) is 10.8. The summed E-state index contributed by atoms with van der Waals surface area (Å²) >= 11 is 0. The van der Waals surface area contributed by atoms with Crippen molar-refractivity contribution in [2.24, 2.45) is 0 Å². The maximum atomic E-state index is 13.9. The molecule has 0 saturated heterocycles. The molecule has 0 aliphatic rings. The first kappa shape index (κ1) is 19.3. The minimum absolute atomic E-state index is 0.319. The zero-order chi connectivity index (χ0) is 19.3. The van der Waals surface area contributed by atoms with E-state index in [1.165, 1.54) is 24.3 Å². The molecule has 0 radical (unpaired) electrons. The highest BCUT2D eigenvalue weighted by Gasteiger charge is 2.25. The number of nitrogens with one attached hydrogen (secondary N) is 1. The topological polar surface area (TPSA) is 90.3 Å². The Morgan fingerprint density at radius 1 is 1.15 bits per heavy atom. The zero-order valence-electron chi connectivity index (χ0n) is 13.7. The number of amides is 1. The number of benzene rings is 2. The lowest BCUT2D eigenvalue weighted by atomic mass is 10.2. The second-order valence-electron chi connectivity index (χ2n) is 5.39. The third-order valence-electron chi connectivity index (χ3n) is 3.43. The predicted octanol–water partition coefficient (Wildman–Crippen LogP) is 2.63. The van der Waals surface area contributed by atoms with Crippen molar-refractivity contribution in [3.63, 3.8) is 0 Å². The highest BCUT2D eigenvalue weighted by molar-refractivity contribution is 7.92. The van der Waals surface area contributed by atoms with Crippen LogP contribution in [0.15, 0.2) is 42.5 Å². The van der Waals surface area contributed by atoms with Crippen LogP contribution in [-0.4, -0.2) is 27.1 Å². The van der Waals surface area contributed by atoms with Gasteiger partial charge < -0.3 is 5.32 Å². The van der Waals surface area contributed by atoms with Gasteiger partial charge in [0.1, 0.15) is 5.69 Å². The summed E-state index contributed by atoms with van der Waals surface area (Å²) in [6.07, 6.45) is 0.484. The first-order valence-corrected chi connectivity index (χ1v) is 9.29. The van der Waals surface area contributed by atoms with Crippen LogP contribution < -0.4 is 9.62 Å². The second-order valence-corrected chi connectivity index (χ2v) is 7.30. The molecule has 2 rings (SSSR count). The van der Waals surface area contributed by atoms with Gasteiger partial charge in [0.15, 0.2) is 11.6 Å². The third kappa shape index (κ3) is 4.77. The number of rotatable bonds is 6. The fourth-order valence-corrected chi connectivity index (χ4v) is 3.15. The Balaban J connectivity index is 2.12. The van der Waals surface area contributed by atoms with E-state index in [-0.39, 0.29) is 6.42 Å². The molecule has 1 N–H and O–H groups in total. The number of carbonyl (C=O) groups is 1. The van der Waals surface area contributed by atoms with E-state index in [9.17, 15) is 22.0 Å². The van der Waals surface area contributed by atoms with E-state index in [1.54, 1.807) is 0 Å². The Hall–Kier alpha value is -2.99. The van der Waals surface area contributed by atoms with Crippen molar-refractivity contribution in [2.75, 3.05) is 22.4 Å². The molecule has 26 heavy (non-hydrogen) atoms. The number of sulfonamides is 1. The molecular weight excluding hydrogens is 364 g/mol. The first-order valence-electron chi connectivity index (χ1n) is 7.44. The highest BCUT2D eigenvalue weighted by atomic mass is 32.2. The van der Waals surface area contributed by atoms with E-state index >= 15 is 0 Å². The summed E-state index contributed by atoms with van der Waals surface area (Å²) in [5.74, 6) is -2.62. The van der Waals surface area contributed by atoms with E-state index < -0.39 is 39.8 Å². The molecule has 0 spiro atoms. The van der Waals surface area contributed by atoms with Gasteiger partial charge in [-0.25, -0.2) is 17.2 Å². The number of halogens is 2. The van der Waals surface area contributed by atoms with Crippen LogP contribution >= 0.6 is 0 Å². The van der Waals surface area contributed by atoms with E-state index in [0.29, 0.717) is 15.6 Å². The molecular formula is C17H15F2N3O3S. The van der Waals surface area contributed by atoms with Gasteiger partial charge in [0.2, 0.25) is 15.9 Å². The molecule has 0 saturated carbocycles. The first-order chi connectivity index (χ1) is 12.2. The molecule has 0 heterocycles. The summed E-state index contributed by atoms with van der Waals surface area (Å²) in [5, 5.41) is 11.2. The maximum absolute atomic E-state index is 13.9. The van der Waals surface area contributed by atoms with E-state index in [0.717, 1.165) is 24.5 Å². The van der Waals surface area contributed by atoms with E-state index in [2.05, 4.69) is 5.32 Å². The van der Waals surface area contributed by atoms with Gasteiger partial charge in [0.05, 0.1) is 17.9 Å². The molecule has 136 valence electrons. The van der Waals surface area contributed by atoms with Crippen molar-refractivity contribution >= 4 is 27.3 Å². The fraction of sp³-hybridized carbons (Fsp3) is 0.176. The molecule has 0 bridgehead atoms. The molecule has 1 amide bonds. The molecule has 2 aromatic carbocycles. The minimum Gasteiger partial charge on any atom is -0.326 e. The van der Waals surface area contributed by atoms with Crippen LogP contribution in [0.4, 0.5) is 20.2 Å². The number of nitriles is 1. The van der Waals surface area contributed by atoms with Gasteiger partial charge in [0, 0.05) is 18.7 Å². The Morgan fingerprint density at radius 2 is 1.73 bits per heavy atom. The highest BCUT2D eigenvalue weighted by Crippen LogP contribution is 2.25. The third-order valence-corrected chi connectivity index (χ3v) is 4.59. The lowest BCUT2D eigenvalue weighted by molar-refractivity contribution is -0.116. The van der Waals surface area contributed by atoms with Gasteiger partial charge in [-0.15, -0.1) is 0 Å². The van der Waals surface area contributed by atoms with Gasteiger partial charge in [0.25, 0.3) is 0 Å². The lowest BCUT2D eigenvalue weighted by Crippen LogP contribution is -2.34. The van der Waals surface area contributed by atoms with Crippen molar-refractivity contribution in [3.05, 3.63) is 59.7 Å². The van der Waals surface area contributed by atoms with Crippen LogP contribution in [0.3, 0.4) is 0 Å². The van der Waals surface area contributed by atoms with E-state index in [4.69, 9.17) is 5.26 Å². The number of carbonyl (C=O) groups excluding carboxylic acids is 1. The average Bonchev–Trinajstić information content (AvgIpc) is 2.57. The van der Waals surface area contributed by atoms with Crippen molar-refractivity contribution in [1.29, 1.82) is 5.26 Å². The van der Waals surface area contributed by atoms with Crippen LogP contribution in [0.1, 0.15) is 12.0 Å². The molecule has 0 aliphatic carbocycles. The van der Waals surface area contributed by atoms with Crippen LogP contribution in [0, 0.1) is 23.0 Å². The zero-order valence-corrected chi connectivity index (χ0v) is 14.6. The maximum Gasteiger partial charge on any atom is 0.232 e. The Bertz CT molecular complexity index is 934. The number of anilines is 2. The molecule has 9 heteroatoms. The Morgan fingerprint density at radius 3 is 2.23 bits per heavy atom. The molecule has 0 unspecified atom stereocenters. The van der Waals surface area contributed by atoms with Gasteiger partial charge in [-0.1, -0.05) is 6.07 Å². The van der Waals surface area contributed by atoms with Crippen LogP contribution in [0.25, 0.3) is 0 Å². The average molecular weight is 379 g/mol. The summed E-state index contributed by atoms with van der Waals surface area (Å²) in [4.78, 5) is 12.0. The van der Waals surface area contributed by atoms with E-state index in [1.807, 2.05) is 6.07 Å². The van der Waals surface area contributed by atoms with Gasteiger partial charge in [-0.05, 0) is 36.4 Å².